The van der Waals surface area contributed by atoms with Crippen LogP contribution in [-0.2, 0) is 14.8 Å². The van der Waals surface area contributed by atoms with Crippen LogP contribution in [0.25, 0.3) is 0 Å². The summed E-state index contributed by atoms with van der Waals surface area (Å²) in [5.74, 6) is -1.88. The molecule has 0 bridgehead atoms. The topological polar surface area (TPSA) is 79.8 Å². The van der Waals surface area contributed by atoms with Gasteiger partial charge in [0.1, 0.15) is 16.5 Å². The van der Waals surface area contributed by atoms with Gasteiger partial charge in [0, 0.05) is 18.6 Å². The number of methoxy groups -OCH3 is 1. The van der Waals surface area contributed by atoms with E-state index >= 15 is 0 Å². The quantitative estimate of drug-likeness (QED) is 0.763. The maximum absolute atomic E-state index is 14.7. The predicted octanol–water partition coefficient (Wildman–Crippen LogP) is 2.82. The summed E-state index contributed by atoms with van der Waals surface area (Å²) >= 11 is 0. The zero-order valence-corrected chi connectivity index (χ0v) is 15.6. The third kappa shape index (κ3) is 3.79. The van der Waals surface area contributed by atoms with Gasteiger partial charge in [-0.15, -0.1) is 0 Å². The Morgan fingerprint density at radius 2 is 1.89 bits per heavy atom. The van der Waals surface area contributed by atoms with Crippen LogP contribution in [0, 0.1) is 11.6 Å². The molecule has 0 saturated heterocycles. The number of hydrogen-bond acceptors (Lipinski definition) is 4. The molecule has 2 aromatic carbocycles. The smallest absolute Gasteiger partial charge is 0.266 e. The molecule has 9 heteroatoms. The molecule has 1 atom stereocenters. The summed E-state index contributed by atoms with van der Waals surface area (Å²) in [6, 6.07) is 8.24. The van der Waals surface area contributed by atoms with Crippen molar-refractivity contribution in [2.45, 2.75) is 17.7 Å². The maximum Gasteiger partial charge on any atom is 0.266 e. The highest BCUT2D eigenvalue weighted by molar-refractivity contribution is 7.90. The van der Waals surface area contributed by atoms with E-state index in [9.17, 15) is 17.2 Å². The number of anilines is 1. The monoisotopic (exact) mass is 395 g/mol. The molecule has 1 aliphatic heterocycles. The van der Waals surface area contributed by atoms with Crippen molar-refractivity contribution < 1.29 is 21.9 Å². The molecule has 0 aliphatic carbocycles. The van der Waals surface area contributed by atoms with Crippen LogP contribution in [0.4, 0.5) is 14.5 Å². The first-order chi connectivity index (χ1) is 12.8. The summed E-state index contributed by atoms with van der Waals surface area (Å²) in [4.78, 5) is 3.96. The molecule has 6 nitrogen and oxygen atoms in total. The van der Waals surface area contributed by atoms with Gasteiger partial charge in [-0.3, -0.25) is 0 Å². The van der Waals surface area contributed by atoms with Gasteiger partial charge in [-0.05, 0) is 23.8 Å². The van der Waals surface area contributed by atoms with E-state index in [-0.39, 0.29) is 34.2 Å². The molecule has 0 saturated carbocycles. The Morgan fingerprint density at radius 3 is 2.59 bits per heavy atom. The van der Waals surface area contributed by atoms with Gasteiger partial charge < -0.3 is 10.1 Å². The Morgan fingerprint density at radius 1 is 1.15 bits per heavy atom. The summed E-state index contributed by atoms with van der Waals surface area (Å²) < 4.78 is 61.2. The van der Waals surface area contributed by atoms with Gasteiger partial charge in [-0.25, -0.2) is 26.9 Å². The molecule has 2 aromatic rings. The van der Waals surface area contributed by atoms with Gasteiger partial charge in [0.25, 0.3) is 10.0 Å². The second-order valence-corrected chi connectivity index (χ2v) is 7.68. The van der Waals surface area contributed by atoms with Crippen LogP contribution in [0.15, 0.2) is 46.3 Å². The second-order valence-electron chi connectivity index (χ2n) is 6.03. The van der Waals surface area contributed by atoms with Crippen molar-refractivity contribution in [3.63, 3.8) is 0 Å². The average Bonchev–Trinajstić information content (AvgIpc) is 2.61. The minimum Gasteiger partial charge on any atom is -0.383 e. The normalized spacial score (nSPS) is 17.7. The molecule has 2 N–H and O–H groups in total. The number of sulfonamides is 1. The van der Waals surface area contributed by atoms with E-state index in [4.69, 9.17) is 4.74 Å². The standard InChI is InChI=1S/C18H19F2N3O3S/c1-11(12-5-3-4-6-13(12)19)16-14(20)7-8-15-17(16)22-18(21-9-10-26-2)23-27(15,24)25/h3-8,11H,9-10H2,1-2H3,(H2,21,22,23)/t11-/m0/s1. The first kappa shape index (κ1) is 19.2. The van der Waals surface area contributed by atoms with Crippen molar-refractivity contribution in [3.8, 4) is 0 Å². The Kier molecular flexibility index (Phi) is 5.43. The zero-order valence-electron chi connectivity index (χ0n) is 14.8. The van der Waals surface area contributed by atoms with Crippen LogP contribution in [0.3, 0.4) is 0 Å². The number of rotatable bonds is 5. The van der Waals surface area contributed by atoms with Crippen LogP contribution in [-0.4, -0.2) is 34.6 Å². The van der Waals surface area contributed by atoms with Gasteiger partial charge in [0.05, 0.1) is 18.8 Å². The molecular formula is C18H19F2N3O3S. The zero-order chi connectivity index (χ0) is 19.6. The minimum absolute atomic E-state index is 0.0351. The number of benzene rings is 2. The fourth-order valence-corrected chi connectivity index (χ4v) is 4.14. The van der Waals surface area contributed by atoms with E-state index in [0.29, 0.717) is 6.61 Å². The van der Waals surface area contributed by atoms with E-state index in [2.05, 4.69) is 15.0 Å². The van der Waals surface area contributed by atoms with E-state index in [1.165, 1.54) is 25.3 Å². The van der Waals surface area contributed by atoms with E-state index in [1.54, 1.807) is 19.1 Å². The number of nitrogens with one attached hydrogen (secondary N) is 2. The molecule has 0 unspecified atom stereocenters. The van der Waals surface area contributed by atoms with Gasteiger partial charge in [-0.1, -0.05) is 25.1 Å². The second kappa shape index (κ2) is 7.61. The number of halogens is 2. The van der Waals surface area contributed by atoms with Gasteiger partial charge in [0.15, 0.2) is 0 Å². The number of hydrogen-bond donors (Lipinski definition) is 2. The molecule has 0 radical (unpaired) electrons. The average molecular weight is 395 g/mol. The molecule has 144 valence electrons. The Bertz CT molecular complexity index is 993. The summed E-state index contributed by atoms with van der Waals surface area (Å²) in [6.07, 6.45) is 0. The first-order valence-electron chi connectivity index (χ1n) is 8.25. The maximum atomic E-state index is 14.7. The van der Waals surface area contributed by atoms with E-state index < -0.39 is 27.6 Å². The van der Waals surface area contributed by atoms with Crippen molar-refractivity contribution in [3.05, 3.63) is 59.2 Å². The highest BCUT2D eigenvalue weighted by atomic mass is 32.2. The molecule has 1 heterocycles. The highest BCUT2D eigenvalue weighted by Gasteiger charge is 2.32. The largest absolute Gasteiger partial charge is 0.383 e. The molecular weight excluding hydrogens is 376 g/mol. The molecule has 0 amide bonds. The molecule has 1 aliphatic rings. The number of fused-ring (bicyclic) bond motifs is 1. The third-order valence-electron chi connectivity index (χ3n) is 4.29. The lowest BCUT2D eigenvalue weighted by Crippen LogP contribution is -2.41. The Balaban J connectivity index is 2.13. The SMILES string of the molecule is COCCN=C1Nc2c(ccc(F)c2[C@@H](C)c2ccccc2F)S(=O)(=O)N1. The number of ether oxygens (including phenoxy) is 1. The van der Waals surface area contributed by atoms with Crippen molar-refractivity contribution in [2.75, 3.05) is 25.6 Å². The highest BCUT2D eigenvalue weighted by Crippen LogP contribution is 2.38. The molecule has 27 heavy (non-hydrogen) atoms. The fraction of sp³-hybridized carbons (Fsp3) is 0.278. The third-order valence-corrected chi connectivity index (χ3v) is 5.67. The van der Waals surface area contributed by atoms with Crippen molar-refractivity contribution in [1.82, 2.24) is 4.72 Å². The van der Waals surface area contributed by atoms with Gasteiger partial charge in [0.2, 0.25) is 5.96 Å². The van der Waals surface area contributed by atoms with Crippen molar-refractivity contribution >= 4 is 21.7 Å². The minimum atomic E-state index is -3.94. The predicted molar refractivity (Wildman–Crippen MR) is 98.4 cm³/mol. The van der Waals surface area contributed by atoms with E-state index in [0.717, 1.165) is 6.07 Å². The molecule has 0 fully saturated rings. The van der Waals surface area contributed by atoms with Crippen LogP contribution < -0.4 is 10.0 Å². The van der Waals surface area contributed by atoms with Crippen molar-refractivity contribution in [2.24, 2.45) is 4.99 Å². The molecule has 0 spiro atoms. The number of aliphatic imine (C=N–C) groups is 1. The fourth-order valence-electron chi connectivity index (χ4n) is 2.98. The van der Waals surface area contributed by atoms with Crippen LogP contribution in [0.5, 0.6) is 0 Å². The lowest BCUT2D eigenvalue weighted by Gasteiger charge is -2.26. The van der Waals surface area contributed by atoms with E-state index in [1.807, 2.05) is 0 Å². The van der Waals surface area contributed by atoms with Crippen LogP contribution in [0.1, 0.15) is 24.0 Å². The van der Waals surface area contributed by atoms with Gasteiger partial charge >= 0.3 is 0 Å². The number of guanidine groups is 1. The number of nitrogens with zero attached hydrogens (tertiary/aromatic N) is 1. The lowest BCUT2D eigenvalue weighted by atomic mass is 9.91. The van der Waals surface area contributed by atoms with Crippen molar-refractivity contribution in [1.29, 1.82) is 0 Å². The summed E-state index contributed by atoms with van der Waals surface area (Å²) in [5, 5.41) is 2.83. The van der Waals surface area contributed by atoms with Gasteiger partial charge in [-0.2, -0.15) is 0 Å². The summed E-state index contributed by atoms with van der Waals surface area (Å²) in [6.45, 7) is 2.13. The first-order valence-corrected chi connectivity index (χ1v) is 9.73. The Labute approximate surface area is 156 Å². The Hall–Kier alpha value is -2.52. The molecule has 0 aromatic heterocycles. The lowest BCUT2D eigenvalue weighted by molar-refractivity contribution is 0.208. The molecule has 3 rings (SSSR count). The van der Waals surface area contributed by atoms with Crippen LogP contribution >= 0.6 is 0 Å². The summed E-state index contributed by atoms with van der Waals surface area (Å²) in [7, 11) is -2.44. The summed E-state index contributed by atoms with van der Waals surface area (Å²) in [5.41, 5.74) is 0.378. The van der Waals surface area contributed by atoms with Crippen LogP contribution in [0.2, 0.25) is 0 Å².